The Hall–Kier alpha value is -1.38. The van der Waals surface area contributed by atoms with E-state index in [1.54, 1.807) is 30.1 Å². The lowest BCUT2D eigenvalue weighted by atomic mass is 9.89. The molecule has 1 aliphatic carbocycles. The van der Waals surface area contributed by atoms with Crippen LogP contribution in [0, 0.1) is 11.7 Å². The van der Waals surface area contributed by atoms with Gasteiger partial charge in [-0.2, -0.15) is 0 Å². The molecule has 2 nitrogen and oxygen atoms in total. The van der Waals surface area contributed by atoms with Crippen molar-refractivity contribution in [1.29, 1.82) is 0 Å². The summed E-state index contributed by atoms with van der Waals surface area (Å²) < 4.78 is 13.5. The Morgan fingerprint density at radius 2 is 1.94 bits per heavy atom. The Labute approximate surface area is 108 Å². The molecule has 1 aliphatic rings. The molecule has 0 unspecified atom stereocenters. The van der Waals surface area contributed by atoms with Crippen LogP contribution < -0.4 is 0 Å². The molecule has 0 N–H and O–H groups in total. The van der Waals surface area contributed by atoms with Gasteiger partial charge in [0.1, 0.15) is 5.82 Å². The molecule has 1 saturated carbocycles. The molecule has 1 aromatic carbocycles. The molecule has 0 heterocycles. The third-order valence-electron chi connectivity index (χ3n) is 3.71. The smallest absolute Gasteiger partial charge is 0.256 e. The van der Waals surface area contributed by atoms with Gasteiger partial charge in [-0.3, -0.25) is 4.79 Å². The van der Waals surface area contributed by atoms with Gasteiger partial charge in [0, 0.05) is 13.6 Å². The van der Waals surface area contributed by atoms with Crippen molar-refractivity contribution in [3.05, 3.63) is 35.6 Å². The van der Waals surface area contributed by atoms with Gasteiger partial charge in [0.25, 0.3) is 5.91 Å². The lowest BCUT2D eigenvalue weighted by Crippen LogP contribution is -2.33. The highest BCUT2D eigenvalue weighted by atomic mass is 19.1. The number of nitrogens with zero attached hydrogens (tertiary/aromatic N) is 1. The van der Waals surface area contributed by atoms with Gasteiger partial charge < -0.3 is 4.90 Å². The highest BCUT2D eigenvalue weighted by molar-refractivity contribution is 5.94. The van der Waals surface area contributed by atoms with Crippen LogP contribution in [0.25, 0.3) is 0 Å². The zero-order chi connectivity index (χ0) is 13.0. The van der Waals surface area contributed by atoms with Crippen LogP contribution in [0.5, 0.6) is 0 Å². The van der Waals surface area contributed by atoms with Crippen LogP contribution in [-0.4, -0.2) is 24.4 Å². The van der Waals surface area contributed by atoms with Crippen molar-refractivity contribution in [2.24, 2.45) is 5.92 Å². The Morgan fingerprint density at radius 3 is 2.61 bits per heavy atom. The molecule has 0 bridgehead atoms. The molecule has 0 aliphatic heterocycles. The van der Waals surface area contributed by atoms with E-state index in [2.05, 4.69) is 0 Å². The van der Waals surface area contributed by atoms with Crippen LogP contribution in [0.2, 0.25) is 0 Å². The number of carbonyl (C=O) groups excluding carboxylic acids is 1. The van der Waals surface area contributed by atoms with E-state index in [0.717, 1.165) is 6.54 Å². The van der Waals surface area contributed by atoms with E-state index in [1.807, 2.05) is 0 Å². The van der Waals surface area contributed by atoms with E-state index in [1.165, 1.54) is 38.2 Å². The molecule has 18 heavy (non-hydrogen) atoms. The number of carbonyl (C=O) groups is 1. The second-order valence-electron chi connectivity index (χ2n) is 5.17. The van der Waals surface area contributed by atoms with E-state index >= 15 is 0 Å². The highest BCUT2D eigenvalue weighted by Crippen LogP contribution is 2.24. The van der Waals surface area contributed by atoms with Crippen molar-refractivity contribution in [2.45, 2.75) is 32.1 Å². The van der Waals surface area contributed by atoms with Gasteiger partial charge in [0.2, 0.25) is 0 Å². The fourth-order valence-corrected chi connectivity index (χ4v) is 2.68. The summed E-state index contributed by atoms with van der Waals surface area (Å²) in [7, 11) is 1.77. The molecule has 1 amide bonds. The first-order valence-corrected chi connectivity index (χ1v) is 6.68. The molecule has 0 saturated heterocycles. The second-order valence-corrected chi connectivity index (χ2v) is 5.17. The van der Waals surface area contributed by atoms with Gasteiger partial charge in [0.05, 0.1) is 5.56 Å². The quantitative estimate of drug-likeness (QED) is 0.803. The zero-order valence-corrected chi connectivity index (χ0v) is 10.9. The first-order valence-electron chi connectivity index (χ1n) is 6.68. The first kappa shape index (κ1) is 13.1. The molecule has 98 valence electrons. The zero-order valence-electron chi connectivity index (χ0n) is 10.9. The van der Waals surface area contributed by atoms with Crippen molar-refractivity contribution in [1.82, 2.24) is 4.90 Å². The second kappa shape index (κ2) is 5.98. The maximum absolute atomic E-state index is 13.5. The predicted molar refractivity (Wildman–Crippen MR) is 69.9 cm³/mol. The molecular weight excluding hydrogens is 229 g/mol. The Balaban J connectivity index is 1.98. The van der Waals surface area contributed by atoms with Crippen molar-refractivity contribution < 1.29 is 9.18 Å². The lowest BCUT2D eigenvalue weighted by Gasteiger charge is -2.27. The molecule has 0 atom stereocenters. The van der Waals surface area contributed by atoms with Crippen LogP contribution in [0.1, 0.15) is 42.5 Å². The average molecular weight is 249 g/mol. The van der Waals surface area contributed by atoms with Gasteiger partial charge in [-0.1, -0.05) is 31.4 Å². The number of halogens is 1. The lowest BCUT2D eigenvalue weighted by molar-refractivity contribution is 0.0756. The van der Waals surface area contributed by atoms with E-state index in [4.69, 9.17) is 0 Å². The van der Waals surface area contributed by atoms with E-state index < -0.39 is 5.82 Å². The van der Waals surface area contributed by atoms with E-state index in [9.17, 15) is 9.18 Å². The number of amides is 1. The highest BCUT2D eigenvalue weighted by Gasteiger charge is 2.20. The third-order valence-corrected chi connectivity index (χ3v) is 3.71. The summed E-state index contributed by atoms with van der Waals surface area (Å²) in [6.45, 7) is 0.743. The van der Waals surface area contributed by atoms with E-state index in [-0.39, 0.29) is 11.5 Å². The minimum atomic E-state index is -0.432. The van der Waals surface area contributed by atoms with Crippen LogP contribution in [0.15, 0.2) is 24.3 Å². The van der Waals surface area contributed by atoms with Crippen molar-refractivity contribution in [3.8, 4) is 0 Å². The number of rotatable bonds is 3. The number of hydrogen-bond acceptors (Lipinski definition) is 1. The predicted octanol–water partition coefficient (Wildman–Crippen LogP) is 3.48. The molecular formula is C15H20FNO. The summed E-state index contributed by atoms with van der Waals surface area (Å²) in [5.41, 5.74) is 0.177. The molecule has 3 heteroatoms. The summed E-state index contributed by atoms with van der Waals surface area (Å²) in [4.78, 5) is 13.8. The first-order chi connectivity index (χ1) is 8.68. The van der Waals surface area contributed by atoms with Gasteiger partial charge in [-0.05, 0) is 30.9 Å². The molecule has 2 rings (SSSR count). The van der Waals surface area contributed by atoms with Crippen LogP contribution in [0.4, 0.5) is 4.39 Å². The summed E-state index contributed by atoms with van der Waals surface area (Å²) in [6, 6.07) is 6.19. The molecule has 1 aromatic rings. The van der Waals surface area contributed by atoms with Gasteiger partial charge in [-0.25, -0.2) is 4.39 Å². The maximum atomic E-state index is 13.5. The number of benzene rings is 1. The Kier molecular flexibility index (Phi) is 4.34. The molecule has 0 radical (unpaired) electrons. The minimum absolute atomic E-state index is 0.177. The third kappa shape index (κ3) is 3.09. The van der Waals surface area contributed by atoms with Crippen LogP contribution >= 0.6 is 0 Å². The minimum Gasteiger partial charge on any atom is -0.341 e. The summed E-state index contributed by atoms with van der Waals surface area (Å²) in [5, 5.41) is 0. The summed E-state index contributed by atoms with van der Waals surface area (Å²) in [5.74, 6) is -0.0591. The Bertz CT molecular complexity index is 413. The van der Waals surface area contributed by atoms with Gasteiger partial charge >= 0.3 is 0 Å². The summed E-state index contributed by atoms with van der Waals surface area (Å²) >= 11 is 0. The fourth-order valence-electron chi connectivity index (χ4n) is 2.68. The monoisotopic (exact) mass is 249 g/mol. The van der Waals surface area contributed by atoms with Crippen LogP contribution in [-0.2, 0) is 0 Å². The number of hydrogen-bond donors (Lipinski definition) is 0. The topological polar surface area (TPSA) is 20.3 Å². The molecule has 0 spiro atoms. The maximum Gasteiger partial charge on any atom is 0.256 e. The van der Waals surface area contributed by atoms with E-state index in [0.29, 0.717) is 5.92 Å². The molecule has 1 fully saturated rings. The van der Waals surface area contributed by atoms with Crippen molar-refractivity contribution in [2.75, 3.05) is 13.6 Å². The molecule has 0 aromatic heterocycles. The van der Waals surface area contributed by atoms with Crippen LogP contribution in [0.3, 0.4) is 0 Å². The van der Waals surface area contributed by atoms with Crippen molar-refractivity contribution >= 4 is 5.91 Å². The largest absolute Gasteiger partial charge is 0.341 e. The van der Waals surface area contributed by atoms with Gasteiger partial charge in [-0.15, -0.1) is 0 Å². The SMILES string of the molecule is CN(CC1CCCCC1)C(=O)c1ccccc1F. The van der Waals surface area contributed by atoms with Crippen molar-refractivity contribution in [3.63, 3.8) is 0 Å². The average Bonchev–Trinajstić information content (AvgIpc) is 2.39. The van der Waals surface area contributed by atoms with Gasteiger partial charge in [0.15, 0.2) is 0 Å². The normalized spacial score (nSPS) is 16.6. The summed E-state index contributed by atoms with van der Waals surface area (Å²) in [6.07, 6.45) is 6.20. The Morgan fingerprint density at radius 1 is 1.28 bits per heavy atom. The fraction of sp³-hybridized carbons (Fsp3) is 0.533. The standard InChI is InChI=1S/C15H20FNO/c1-17(11-12-7-3-2-4-8-12)15(18)13-9-5-6-10-14(13)16/h5-6,9-10,12H,2-4,7-8,11H2,1H3.